The Hall–Kier alpha value is -3.00. The van der Waals surface area contributed by atoms with E-state index in [0.717, 1.165) is 12.1 Å². The molecule has 7 nitrogen and oxygen atoms in total. The van der Waals surface area contributed by atoms with Gasteiger partial charge in [0.05, 0.1) is 30.3 Å². The molecule has 2 aliphatic heterocycles. The first kappa shape index (κ1) is 21.2. The Morgan fingerprint density at radius 3 is 2.48 bits per heavy atom. The van der Waals surface area contributed by atoms with Crippen molar-refractivity contribution in [2.45, 2.75) is 44.6 Å². The molecule has 8 heteroatoms. The number of anilines is 2. The van der Waals surface area contributed by atoms with Crippen molar-refractivity contribution in [3.8, 4) is 0 Å². The zero-order chi connectivity index (χ0) is 22.2. The number of ether oxygens (including phenoxy) is 2. The molecule has 0 spiro atoms. The average molecular weight is 427 g/mol. The van der Waals surface area contributed by atoms with Crippen molar-refractivity contribution in [3.63, 3.8) is 0 Å². The second-order valence-corrected chi connectivity index (χ2v) is 8.93. The molecule has 1 aromatic carbocycles. The van der Waals surface area contributed by atoms with Gasteiger partial charge in [-0.3, -0.25) is 14.7 Å². The third kappa shape index (κ3) is 4.25. The number of carbonyl (C=O) groups is 2. The number of hydrogen-bond acceptors (Lipinski definition) is 5. The Bertz CT molecular complexity index is 997. The molecule has 0 radical (unpaired) electrons. The highest BCUT2D eigenvalue weighted by molar-refractivity contribution is 6.00. The highest BCUT2D eigenvalue weighted by atomic mass is 19.1. The summed E-state index contributed by atoms with van der Waals surface area (Å²) in [7, 11) is 0. The van der Waals surface area contributed by atoms with E-state index in [1.165, 1.54) is 24.3 Å². The largest absolute Gasteiger partial charge is 0.443 e. The lowest BCUT2D eigenvalue weighted by atomic mass is 9.80. The number of hydrogen-bond donors (Lipinski definition) is 1. The maximum Gasteiger partial charge on any atom is 0.414 e. The summed E-state index contributed by atoms with van der Waals surface area (Å²) in [6.45, 7) is 6.47. The van der Waals surface area contributed by atoms with E-state index in [0.29, 0.717) is 30.0 Å². The molecule has 2 aromatic rings. The van der Waals surface area contributed by atoms with Gasteiger partial charge in [0.2, 0.25) is 5.91 Å². The molecule has 2 amide bonds. The molecular weight excluding hydrogens is 401 g/mol. The predicted molar refractivity (Wildman–Crippen MR) is 114 cm³/mol. The molecule has 1 saturated heterocycles. The number of rotatable bonds is 3. The summed E-state index contributed by atoms with van der Waals surface area (Å²) in [5.74, 6) is -0.622. The van der Waals surface area contributed by atoms with Gasteiger partial charge in [-0.1, -0.05) is 0 Å². The second kappa shape index (κ2) is 7.92. The van der Waals surface area contributed by atoms with Gasteiger partial charge in [-0.2, -0.15) is 0 Å². The third-order valence-electron chi connectivity index (χ3n) is 5.37. The van der Waals surface area contributed by atoms with E-state index in [1.54, 1.807) is 11.0 Å². The quantitative estimate of drug-likeness (QED) is 0.806. The number of amides is 2. The highest BCUT2D eigenvalue weighted by Gasteiger charge is 2.49. The number of benzene rings is 1. The van der Waals surface area contributed by atoms with Gasteiger partial charge in [0.15, 0.2) is 0 Å². The summed E-state index contributed by atoms with van der Waals surface area (Å²) < 4.78 is 24.1. The van der Waals surface area contributed by atoms with E-state index in [1.807, 2.05) is 26.8 Å². The number of pyridine rings is 1. The first-order valence-corrected chi connectivity index (χ1v) is 10.3. The molecular formula is C23H26FN3O4. The minimum absolute atomic E-state index is 0.210. The van der Waals surface area contributed by atoms with Crippen LogP contribution in [0.4, 0.5) is 20.6 Å². The maximum absolute atomic E-state index is 13.2. The summed E-state index contributed by atoms with van der Waals surface area (Å²) in [5.41, 5.74) is 1.06. The van der Waals surface area contributed by atoms with Crippen LogP contribution in [0.2, 0.25) is 0 Å². The monoisotopic (exact) mass is 427 g/mol. The van der Waals surface area contributed by atoms with Gasteiger partial charge in [-0.05, 0) is 70.0 Å². The van der Waals surface area contributed by atoms with Crippen molar-refractivity contribution in [2.75, 3.05) is 30.0 Å². The lowest BCUT2D eigenvalue weighted by Gasteiger charge is -2.40. The number of carbonyl (C=O) groups excluding carboxylic acids is 2. The van der Waals surface area contributed by atoms with Crippen molar-refractivity contribution in [1.82, 2.24) is 4.98 Å². The summed E-state index contributed by atoms with van der Waals surface area (Å²) in [6, 6.07) is 9.21. The van der Waals surface area contributed by atoms with Crippen LogP contribution in [0.1, 0.15) is 38.6 Å². The Balaban J connectivity index is 1.59. The van der Waals surface area contributed by atoms with Crippen LogP contribution in [-0.4, -0.2) is 42.3 Å². The second-order valence-electron chi connectivity index (χ2n) is 8.93. The number of nitrogens with one attached hydrogen (secondary N) is 1. The summed E-state index contributed by atoms with van der Waals surface area (Å²) >= 11 is 0. The van der Waals surface area contributed by atoms with E-state index in [9.17, 15) is 14.0 Å². The molecule has 0 aliphatic carbocycles. The lowest BCUT2D eigenvalue weighted by Crippen LogP contribution is -2.56. The van der Waals surface area contributed by atoms with Crippen LogP contribution in [0.15, 0.2) is 36.4 Å². The minimum Gasteiger partial charge on any atom is -0.443 e. The molecule has 2 aliphatic rings. The van der Waals surface area contributed by atoms with Crippen molar-refractivity contribution < 1.29 is 23.5 Å². The van der Waals surface area contributed by atoms with E-state index < -0.39 is 17.1 Å². The van der Waals surface area contributed by atoms with Crippen LogP contribution in [0, 0.1) is 5.82 Å². The molecule has 0 atom stereocenters. The van der Waals surface area contributed by atoms with Gasteiger partial charge < -0.3 is 14.8 Å². The van der Waals surface area contributed by atoms with Crippen LogP contribution in [0.25, 0.3) is 0 Å². The highest BCUT2D eigenvalue weighted by Crippen LogP contribution is 2.36. The van der Waals surface area contributed by atoms with Crippen LogP contribution in [0.5, 0.6) is 0 Å². The molecule has 1 fully saturated rings. The normalized spacial score (nSPS) is 17.4. The van der Waals surface area contributed by atoms with Gasteiger partial charge in [0.25, 0.3) is 0 Å². The van der Waals surface area contributed by atoms with Crippen molar-refractivity contribution >= 4 is 23.4 Å². The number of nitrogens with zero attached hydrogens (tertiary/aromatic N) is 2. The van der Waals surface area contributed by atoms with E-state index in [4.69, 9.17) is 14.5 Å². The standard InChI is InChI=1S/C23H26FN3O4/c1-22(2,3)31-21(29)27-12-4-5-17-18(27)10-11-19(26-17)23(13-30-14-23)20(28)25-16-8-6-15(24)7-9-16/h6-11H,4-5,12-14H2,1-3H3,(H,25,28). The van der Waals surface area contributed by atoms with Gasteiger partial charge in [-0.15, -0.1) is 0 Å². The molecule has 1 aromatic heterocycles. The number of aromatic nitrogens is 1. The maximum atomic E-state index is 13.2. The summed E-state index contributed by atoms with van der Waals surface area (Å²) in [6.07, 6.45) is 1.06. The Labute approximate surface area is 180 Å². The fourth-order valence-corrected chi connectivity index (χ4v) is 3.71. The molecule has 164 valence electrons. The SMILES string of the molecule is CC(C)(C)OC(=O)N1CCCc2nc(C3(C(=O)Nc4ccc(F)cc4)COC3)ccc21. The number of halogens is 1. The predicted octanol–water partition coefficient (Wildman–Crippen LogP) is 3.82. The van der Waals surface area contributed by atoms with Gasteiger partial charge in [0.1, 0.15) is 16.8 Å². The molecule has 0 unspecified atom stereocenters. The van der Waals surface area contributed by atoms with Crippen molar-refractivity contribution in [3.05, 3.63) is 53.6 Å². The van der Waals surface area contributed by atoms with Crippen LogP contribution in [-0.2, 0) is 26.1 Å². The smallest absolute Gasteiger partial charge is 0.414 e. The first-order valence-electron chi connectivity index (χ1n) is 10.3. The average Bonchev–Trinajstić information content (AvgIpc) is 2.67. The molecule has 4 rings (SSSR count). The van der Waals surface area contributed by atoms with Crippen LogP contribution >= 0.6 is 0 Å². The Morgan fingerprint density at radius 2 is 1.87 bits per heavy atom. The van der Waals surface area contributed by atoms with Crippen molar-refractivity contribution in [2.24, 2.45) is 0 Å². The van der Waals surface area contributed by atoms with E-state index in [-0.39, 0.29) is 24.9 Å². The Kier molecular flexibility index (Phi) is 5.43. The zero-order valence-corrected chi connectivity index (χ0v) is 17.9. The molecule has 0 saturated carbocycles. The van der Waals surface area contributed by atoms with Crippen LogP contribution in [0.3, 0.4) is 0 Å². The van der Waals surface area contributed by atoms with Crippen molar-refractivity contribution in [1.29, 1.82) is 0 Å². The fourth-order valence-electron chi connectivity index (χ4n) is 3.71. The summed E-state index contributed by atoms with van der Waals surface area (Å²) in [4.78, 5) is 32.1. The first-order chi connectivity index (χ1) is 14.7. The third-order valence-corrected chi connectivity index (χ3v) is 5.37. The van der Waals surface area contributed by atoms with Crippen LogP contribution < -0.4 is 10.2 Å². The Morgan fingerprint density at radius 1 is 1.16 bits per heavy atom. The summed E-state index contributed by atoms with van der Waals surface area (Å²) in [5, 5.41) is 2.83. The van der Waals surface area contributed by atoms with Gasteiger partial charge in [0, 0.05) is 12.2 Å². The lowest BCUT2D eigenvalue weighted by molar-refractivity contribution is -0.140. The van der Waals surface area contributed by atoms with Gasteiger partial charge in [-0.25, -0.2) is 9.18 Å². The number of aryl methyl sites for hydroxylation is 1. The number of fused-ring (bicyclic) bond motifs is 1. The topological polar surface area (TPSA) is 80.8 Å². The molecule has 0 bridgehead atoms. The minimum atomic E-state index is -0.919. The van der Waals surface area contributed by atoms with E-state index in [2.05, 4.69) is 5.32 Å². The zero-order valence-electron chi connectivity index (χ0n) is 17.9. The van der Waals surface area contributed by atoms with Gasteiger partial charge >= 0.3 is 6.09 Å². The van der Waals surface area contributed by atoms with E-state index >= 15 is 0 Å². The molecule has 3 heterocycles. The molecule has 31 heavy (non-hydrogen) atoms. The molecule has 1 N–H and O–H groups in total. The fraction of sp³-hybridized carbons (Fsp3) is 0.435.